The maximum atomic E-state index is 11.0. The van der Waals surface area contributed by atoms with Gasteiger partial charge < -0.3 is 9.52 Å². The zero-order valence-electron chi connectivity index (χ0n) is 10.7. The van der Waals surface area contributed by atoms with E-state index >= 15 is 0 Å². The van der Waals surface area contributed by atoms with Crippen LogP contribution in [0.4, 0.5) is 0 Å². The SMILES string of the molecule is C/C(C=N[C@@H](CCCN=N)C(=O)O)=C\c1ccco1. The van der Waals surface area contributed by atoms with Crippen LogP contribution in [0.5, 0.6) is 0 Å². The maximum Gasteiger partial charge on any atom is 0.328 e. The number of hydrogen-bond donors (Lipinski definition) is 2. The molecule has 0 fully saturated rings. The van der Waals surface area contributed by atoms with Gasteiger partial charge in [0.05, 0.1) is 12.8 Å². The van der Waals surface area contributed by atoms with Gasteiger partial charge in [0.15, 0.2) is 0 Å². The molecule has 2 N–H and O–H groups in total. The molecule has 0 radical (unpaired) electrons. The predicted octanol–water partition coefficient (Wildman–Crippen LogP) is 3.02. The van der Waals surface area contributed by atoms with Gasteiger partial charge >= 0.3 is 5.97 Å². The second-order valence-corrected chi connectivity index (χ2v) is 4.06. The first-order valence-electron chi connectivity index (χ1n) is 5.94. The van der Waals surface area contributed by atoms with Crippen LogP contribution in [0.1, 0.15) is 25.5 Å². The van der Waals surface area contributed by atoms with Gasteiger partial charge in [-0.3, -0.25) is 4.99 Å². The largest absolute Gasteiger partial charge is 0.480 e. The van der Waals surface area contributed by atoms with Crippen molar-refractivity contribution in [1.82, 2.24) is 0 Å². The smallest absolute Gasteiger partial charge is 0.328 e. The number of carbonyl (C=O) groups is 1. The van der Waals surface area contributed by atoms with Crippen LogP contribution >= 0.6 is 0 Å². The summed E-state index contributed by atoms with van der Waals surface area (Å²) in [5, 5.41) is 12.2. The third-order valence-corrected chi connectivity index (χ3v) is 2.40. The molecule has 1 rings (SSSR count). The van der Waals surface area contributed by atoms with E-state index in [4.69, 9.17) is 15.1 Å². The van der Waals surface area contributed by atoms with Crippen molar-refractivity contribution in [3.05, 3.63) is 29.7 Å². The molecule has 1 aromatic rings. The predicted molar refractivity (Wildman–Crippen MR) is 71.5 cm³/mol. The highest BCUT2D eigenvalue weighted by Gasteiger charge is 2.14. The standard InChI is InChI=1S/C13H17N3O3/c1-10(8-11-4-3-7-19-11)9-15-12(13(17)18)5-2-6-16-14/h3-4,7-9,12,14H,2,5-6H2,1H3,(H,17,18)/b10-8+,15-9?,16-14?/t12-/m0/s1. The van der Waals surface area contributed by atoms with E-state index in [0.717, 1.165) is 5.57 Å². The normalized spacial score (nSPS) is 13.6. The average molecular weight is 263 g/mol. The van der Waals surface area contributed by atoms with E-state index in [1.54, 1.807) is 18.4 Å². The second-order valence-electron chi connectivity index (χ2n) is 4.06. The fraction of sp³-hybridized carbons (Fsp3) is 0.385. The minimum absolute atomic E-state index is 0.334. The first kappa shape index (κ1) is 14.8. The zero-order chi connectivity index (χ0) is 14.1. The Bertz CT molecular complexity index is 463. The Kier molecular flexibility index (Phi) is 6.21. The molecule has 0 bridgehead atoms. The van der Waals surface area contributed by atoms with Crippen molar-refractivity contribution in [1.29, 1.82) is 5.53 Å². The van der Waals surface area contributed by atoms with Crippen LogP contribution in [0.25, 0.3) is 6.08 Å². The number of nitrogens with one attached hydrogen (secondary N) is 1. The third kappa shape index (κ3) is 5.76. The van der Waals surface area contributed by atoms with E-state index in [0.29, 0.717) is 25.1 Å². The highest BCUT2D eigenvalue weighted by Crippen LogP contribution is 2.07. The Morgan fingerprint density at radius 3 is 3.00 bits per heavy atom. The van der Waals surface area contributed by atoms with Crippen molar-refractivity contribution in [2.75, 3.05) is 6.54 Å². The minimum Gasteiger partial charge on any atom is -0.480 e. The summed E-state index contributed by atoms with van der Waals surface area (Å²) < 4.78 is 5.15. The van der Waals surface area contributed by atoms with Gasteiger partial charge in [0.25, 0.3) is 0 Å². The fourth-order valence-corrected chi connectivity index (χ4v) is 1.47. The fourth-order valence-electron chi connectivity index (χ4n) is 1.47. The molecule has 0 aliphatic carbocycles. The summed E-state index contributed by atoms with van der Waals surface area (Å²) in [4.78, 5) is 15.0. The van der Waals surface area contributed by atoms with Crippen molar-refractivity contribution < 1.29 is 14.3 Å². The molecule has 1 atom stereocenters. The minimum atomic E-state index is -0.966. The first-order chi connectivity index (χ1) is 9.13. The van der Waals surface area contributed by atoms with Crippen LogP contribution in [0.2, 0.25) is 0 Å². The molecule has 1 heterocycles. The summed E-state index contributed by atoms with van der Waals surface area (Å²) in [6, 6.07) is 2.80. The van der Waals surface area contributed by atoms with Gasteiger partial charge in [-0.2, -0.15) is 5.11 Å². The van der Waals surface area contributed by atoms with Crippen molar-refractivity contribution in [2.24, 2.45) is 10.1 Å². The molecule has 0 saturated carbocycles. The van der Waals surface area contributed by atoms with E-state index in [1.807, 2.05) is 13.0 Å². The molecule has 0 aliphatic heterocycles. The lowest BCUT2D eigenvalue weighted by Crippen LogP contribution is -2.18. The third-order valence-electron chi connectivity index (χ3n) is 2.40. The van der Waals surface area contributed by atoms with Crippen LogP contribution in [-0.4, -0.2) is 29.9 Å². The number of aliphatic carboxylic acids is 1. The Balaban J connectivity index is 2.59. The number of carboxylic acid groups (broad SMARTS) is 1. The molecule has 0 spiro atoms. The quantitative estimate of drug-likeness (QED) is 0.428. The number of nitrogens with zero attached hydrogens (tertiary/aromatic N) is 2. The van der Waals surface area contributed by atoms with E-state index in [-0.39, 0.29) is 0 Å². The lowest BCUT2D eigenvalue weighted by Gasteiger charge is -2.05. The molecule has 6 nitrogen and oxygen atoms in total. The summed E-state index contributed by atoms with van der Waals surface area (Å²) in [6.45, 7) is 2.16. The molecule has 102 valence electrons. The summed E-state index contributed by atoms with van der Waals surface area (Å²) in [6.07, 6.45) is 5.79. The van der Waals surface area contributed by atoms with Crippen molar-refractivity contribution in [3.8, 4) is 0 Å². The van der Waals surface area contributed by atoms with Gasteiger partial charge in [-0.25, -0.2) is 10.3 Å². The van der Waals surface area contributed by atoms with Crippen molar-refractivity contribution in [3.63, 3.8) is 0 Å². The van der Waals surface area contributed by atoms with Gasteiger partial charge in [0.2, 0.25) is 0 Å². The summed E-state index contributed by atoms with van der Waals surface area (Å²) in [5.41, 5.74) is 7.47. The topological polar surface area (TPSA) is 99.0 Å². The summed E-state index contributed by atoms with van der Waals surface area (Å²) in [5.74, 6) is -0.268. The number of allylic oxidation sites excluding steroid dienone is 1. The highest BCUT2D eigenvalue weighted by molar-refractivity contribution is 5.86. The molecule has 1 aromatic heterocycles. The second kappa shape index (κ2) is 7.97. The van der Waals surface area contributed by atoms with Gasteiger partial charge in [0.1, 0.15) is 11.8 Å². The summed E-state index contributed by atoms with van der Waals surface area (Å²) in [7, 11) is 0. The maximum absolute atomic E-state index is 11.0. The summed E-state index contributed by atoms with van der Waals surface area (Å²) >= 11 is 0. The Labute approximate surface area is 111 Å². The molecule has 6 heteroatoms. The van der Waals surface area contributed by atoms with E-state index < -0.39 is 12.0 Å². The lowest BCUT2D eigenvalue weighted by molar-refractivity contribution is -0.138. The molecule has 0 aromatic carbocycles. The molecule has 0 aliphatic rings. The highest BCUT2D eigenvalue weighted by atomic mass is 16.4. The van der Waals surface area contributed by atoms with Gasteiger partial charge in [-0.15, -0.1) is 0 Å². The molecule has 0 unspecified atom stereocenters. The zero-order valence-corrected chi connectivity index (χ0v) is 10.7. The first-order valence-corrected chi connectivity index (χ1v) is 5.94. The van der Waals surface area contributed by atoms with Gasteiger partial charge in [-0.05, 0) is 43.5 Å². The van der Waals surface area contributed by atoms with E-state index in [1.165, 1.54) is 6.21 Å². The van der Waals surface area contributed by atoms with Crippen LogP contribution in [0.15, 0.2) is 38.5 Å². The number of furan rings is 1. The van der Waals surface area contributed by atoms with Crippen molar-refractivity contribution in [2.45, 2.75) is 25.8 Å². The van der Waals surface area contributed by atoms with Gasteiger partial charge in [-0.1, -0.05) is 0 Å². The molecule has 19 heavy (non-hydrogen) atoms. The number of rotatable bonds is 8. The van der Waals surface area contributed by atoms with Crippen LogP contribution in [0, 0.1) is 5.53 Å². The van der Waals surface area contributed by atoms with Crippen LogP contribution < -0.4 is 0 Å². The average Bonchev–Trinajstić information content (AvgIpc) is 2.85. The number of aliphatic imine (C=N–C) groups is 1. The van der Waals surface area contributed by atoms with Crippen LogP contribution in [0.3, 0.4) is 0 Å². The number of hydrogen-bond acceptors (Lipinski definition) is 5. The molecule has 0 amide bonds. The lowest BCUT2D eigenvalue weighted by atomic mass is 10.1. The van der Waals surface area contributed by atoms with E-state index in [9.17, 15) is 4.79 Å². The van der Waals surface area contributed by atoms with Crippen molar-refractivity contribution >= 4 is 18.3 Å². The Morgan fingerprint density at radius 2 is 2.42 bits per heavy atom. The number of carboxylic acids is 1. The molecule has 0 saturated heterocycles. The molecular weight excluding hydrogens is 246 g/mol. The van der Waals surface area contributed by atoms with Gasteiger partial charge in [0, 0.05) is 6.21 Å². The Hall–Kier alpha value is -2.24. The van der Waals surface area contributed by atoms with E-state index in [2.05, 4.69) is 10.1 Å². The monoisotopic (exact) mass is 263 g/mol. The Morgan fingerprint density at radius 1 is 1.63 bits per heavy atom. The van der Waals surface area contributed by atoms with Crippen LogP contribution in [-0.2, 0) is 4.79 Å². The molecular formula is C13H17N3O3.